The lowest BCUT2D eigenvalue weighted by Gasteiger charge is -2.54. The third-order valence-electron chi connectivity index (χ3n) is 7.24. The minimum Gasteiger partial charge on any atom is -0.465 e. The lowest BCUT2D eigenvalue weighted by molar-refractivity contribution is -0.138. The van der Waals surface area contributed by atoms with Crippen molar-refractivity contribution in [1.82, 2.24) is 14.9 Å². The van der Waals surface area contributed by atoms with Gasteiger partial charge in [-0.3, -0.25) is 19.6 Å². The first-order valence-corrected chi connectivity index (χ1v) is 10.4. The van der Waals surface area contributed by atoms with Crippen LogP contribution in [-0.2, 0) is 14.3 Å². The third kappa shape index (κ3) is 3.23. The lowest BCUT2D eigenvalue weighted by atomic mass is 9.51. The van der Waals surface area contributed by atoms with Crippen molar-refractivity contribution < 1.29 is 14.3 Å². The van der Waals surface area contributed by atoms with Crippen LogP contribution in [0.25, 0.3) is 0 Å². The van der Waals surface area contributed by atoms with Crippen LogP contribution in [0.4, 0.5) is 0 Å². The fourth-order valence-electron chi connectivity index (χ4n) is 5.15. The monoisotopic (exact) mass is 369 g/mol. The van der Waals surface area contributed by atoms with Crippen molar-refractivity contribution in [3.8, 4) is 0 Å². The maximum absolute atomic E-state index is 12.3. The largest absolute Gasteiger partial charge is 0.465 e. The van der Waals surface area contributed by atoms with Crippen LogP contribution < -0.4 is 0 Å². The molecule has 2 saturated heterocycles. The van der Waals surface area contributed by atoms with Crippen molar-refractivity contribution in [3.63, 3.8) is 0 Å². The molecule has 1 aromatic rings. The van der Waals surface area contributed by atoms with Crippen molar-refractivity contribution in [1.29, 1.82) is 0 Å². The first-order valence-electron chi connectivity index (χ1n) is 10.4. The Hall–Kier alpha value is -1.98. The molecule has 5 rings (SSSR count). The molecule has 1 atom stereocenters. The maximum atomic E-state index is 12.3. The molecule has 6 heteroatoms. The van der Waals surface area contributed by atoms with E-state index in [1.165, 1.54) is 32.1 Å². The van der Waals surface area contributed by atoms with Crippen LogP contribution in [0.3, 0.4) is 0 Å². The van der Waals surface area contributed by atoms with E-state index in [-0.39, 0.29) is 17.8 Å². The molecule has 4 fully saturated rings. The first-order chi connectivity index (χ1) is 13.1. The molecule has 2 aliphatic carbocycles. The van der Waals surface area contributed by atoms with Crippen LogP contribution in [0, 0.1) is 11.3 Å². The number of rotatable bonds is 5. The number of aromatic nitrogens is 2. The fraction of sp³-hybridized carbons (Fsp3) is 0.714. The van der Waals surface area contributed by atoms with Crippen LogP contribution in [0.15, 0.2) is 12.4 Å². The molecule has 0 N–H and O–H groups in total. The molecule has 1 amide bonds. The van der Waals surface area contributed by atoms with E-state index in [4.69, 9.17) is 4.74 Å². The summed E-state index contributed by atoms with van der Waals surface area (Å²) in [5.41, 5.74) is 2.82. The average molecular weight is 369 g/mol. The zero-order chi connectivity index (χ0) is 18.4. The summed E-state index contributed by atoms with van der Waals surface area (Å²) in [6, 6.07) is 0. The number of carbonyl (C=O) groups is 2. The molecule has 6 nitrogen and oxygen atoms in total. The molecule has 27 heavy (non-hydrogen) atoms. The molecule has 0 bridgehead atoms. The van der Waals surface area contributed by atoms with Crippen LogP contribution >= 0.6 is 0 Å². The van der Waals surface area contributed by atoms with Crippen molar-refractivity contribution in [2.75, 3.05) is 19.7 Å². The lowest BCUT2D eigenvalue weighted by Crippen LogP contribution is -2.48. The van der Waals surface area contributed by atoms with Gasteiger partial charge in [0.05, 0.1) is 24.4 Å². The summed E-state index contributed by atoms with van der Waals surface area (Å²) in [4.78, 5) is 34.6. The summed E-state index contributed by atoms with van der Waals surface area (Å²) in [6.07, 6.45) is 12.4. The number of hydrogen-bond acceptors (Lipinski definition) is 5. The molecule has 0 radical (unpaired) electrons. The second kappa shape index (κ2) is 6.57. The Labute approximate surface area is 159 Å². The summed E-state index contributed by atoms with van der Waals surface area (Å²) in [7, 11) is 0. The Kier molecular flexibility index (Phi) is 4.17. The van der Waals surface area contributed by atoms with Gasteiger partial charge in [0.2, 0.25) is 5.91 Å². The van der Waals surface area contributed by atoms with E-state index in [9.17, 15) is 9.59 Å². The number of ether oxygens (including phenoxy) is 1. The normalized spacial score (nSPS) is 27.0. The van der Waals surface area contributed by atoms with Gasteiger partial charge < -0.3 is 9.64 Å². The zero-order valence-corrected chi connectivity index (χ0v) is 15.7. The predicted molar refractivity (Wildman–Crippen MR) is 97.9 cm³/mol. The predicted octanol–water partition coefficient (Wildman–Crippen LogP) is 2.79. The van der Waals surface area contributed by atoms with Gasteiger partial charge in [-0.05, 0) is 37.5 Å². The Bertz CT molecular complexity index is 730. The first kappa shape index (κ1) is 17.1. The van der Waals surface area contributed by atoms with E-state index in [0.29, 0.717) is 36.7 Å². The number of esters is 1. The zero-order valence-electron chi connectivity index (χ0n) is 15.7. The van der Waals surface area contributed by atoms with Crippen molar-refractivity contribution in [2.45, 2.75) is 63.2 Å². The molecule has 1 aromatic heterocycles. The van der Waals surface area contributed by atoms with Gasteiger partial charge in [-0.1, -0.05) is 6.42 Å². The highest BCUT2D eigenvalue weighted by molar-refractivity contribution is 5.77. The summed E-state index contributed by atoms with van der Waals surface area (Å²) >= 11 is 0. The van der Waals surface area contributed by atoms with Crippen LogP contribution in [0.5, 0.6) is 0 Å². The number of nitrogens with zero attached hydrogens (tertiary/aromatic N) is 3. The molecule has 3 heterocycles. The highest BCUT2D eigenvalue weighted by Gasteiger charge is 2.49. The smallest absolute Gasteiger partial charge is 0.306 e. The van der Waals surface area contributed by atoms with Crippen LogP contribution in [0.1, 0.15) is 74.6 Å². The highest BCUT2D eigenvalue weighted by atomic mass is 16.5. The summed E-state index contributed by atoms with van der Waals surface area (Å²) in [5, 5.41) is 0. The molecule has 2 aliphatic heterocycles. The SMILES string of the molecule is O=C1C[C@H](CCC(=O)N2CC(c3cnc(C4CC5(CCC5)C4)cn3)C2)CO1. The summed E-state index contributed by atoms with van der Waals surface area (Å²) in [5.74, 6) is 1.17. The third-order valence-corrected chi connectivity index (χ3v) is 7.24. The molecule has 1 spiro atoms. The molecule has 2 saturated carbocycles. The Morgan fingerprint density at radius 1 is 1.15 bits per heavy atom. The molecule has 0 aromatic carbocycles. The number of amides is 1. The van der Waals surface area contributed by atoms with Gasteiger partial charge in [0.15, 0.2) is 0 Å². The number of likely N-dealkylation sites (tertiary alicyclic amines) is 1. The number of carbonyl (C=O) groups excluding carboxylic acids is 2. The minimum absolute atomic E-state index is 0.136. The highest BCUT2D eigenvalue weighted by Crippen LogP contribution is 2.61. The fourth-order valence-corrected chi connectivity index (χ4v) is 5.15. The van der Waals surface area contributed by atoms with Crippen molar-refractivity contribution in [2.24, 2.45) is 11.3 Å². The van der Waals surface area contributed by atoms with E-state index in [1.54, 1.807) is 0 Å². The van der Waals surface area contributed by atoms with E-state index >= 15 is 0 Å². The Balaban J connectivity index is 1.07. The molecule has 144 valence electrons. The van der Waals surface area contributed by atoms with Crippen molar-refractivity contribution in [3.05, 3.63) is 23.8 Å². The van der Waals surface area contributed by atoms with Gasteiger partial charge in [-0.2, -0.15) is 0 Å². The number of cyclic esters (lactones) is 1. The van der Waals surface area contributed by atoms with Gasteiger partial charge in [-0.15, -0.1) is 0 Å². The second-order valence-electron chi connectivity index (χ2n) is 9.11. The van der Waals surface area contributed by atoms with E-state index in [0.717, 1.165) is 30.9 Å². The molecular formula is C21H27N3O3. The van der Waals surface area contributed by atoms with Gasteiger partial charge in [0, 0.05) is 49.7 Å². The topological polar surface area (TPSA) is 72.4 Å². The molecule has 0 unspecified atom stereocenters. The van der Waals surface area contributed by atoms with E-state index in [2.05, 4.69) is 9.97 Å². The Morgan fingerprint density at radius 2 is 1.85 bits per heavy atom. The van der Waals surface area contributed by atoms with Gasteiger partial charge >= 0.3 is 5.97 Å². The average Bonchev–Trinajstić information content (AvgIpc) is 2.96. The number of hydrogen-bond donors (Lipinski definition) is 0. The van der Waals surface area contributed by atoms with Gasteiger partial charge in [0.25, 0.3) is 0 Å². The Morgan fingerprint density at radius 3 is 2.41 bits per heavy atom. The molecular weight excluding hydrogens is 342 g/mol. The van der Waals surface area contributed by atoms with Crippen LogP contribution in [-0.4, -0.2) is 46.4 Å². The second-order valence-corrected chi connectivity index (χ2v) is 9.11. The van der Waals surface area contributed by atoms with Crippen LogP contribution in [0.2, 0.25) is 0 Å². The standard InChI is InChI=1S/C21H27N3O3/c25-19(3-2-14-6-20(26)27-13-14)24-11-16(12-24)18-10-22-17(9-23-18)15-7-21(8-15)4-1-5-21/h9-10,14-16H,1-8,11-13H2/t14-/m0/s1. The van der Waals surface area contributed by atoms with Gasteiger partial charge in [0.1, 0.15) is 0 Å². The summed E-state index contributed by atoms with van der Waals surface area (Å²) in [6.45, 7) is 1.94. The molecule has 4 aliphatic rings. The van der Waals surface area contributed by atoms with E-state index < -0.39 is 0 Å². The van der Waals surface area contributed by atoms with E-state index in [1.807, 2.05) is 17.3 Å². The quantitative estimate of drug-likeness (QED) is 0.746. The maximum Gasteiger partial charge on any atom is 0.306 e. The van der Waals surface area contributed by atoms with Crippen molar-refractivity contribution >= 4 is 11.9 Å². The minimum atomic E-state index is -0.136. The summed E-state index contributed by atoms with van der Waals surface area (Å²) < 4.78 is 4.95. The van der Waals surface area contributed by atoms with Gasteiger partial charge in [-0.25, -0.2) is 0 Å².